The molecular formula is C24H22BrN5S2. The first kappa shape index (κ1) is 21.3. The van der Waals surface area contributed by atoms with E-state index in [1.165, 1.54) is 11.1 Å². The Bertz CT molecular complexity index is 1280. The number of nitrogens with zero attached hydrogens (tertiary/aromatic N) is 4. The SMILES string of the molecule is Cc1cc(N2C(=S)N[C@@H](c3ccccn3)[C@@H]2c2cc(C)n(-c3nccs3)c2C)ccc1Br. The maximum atomic E-state index is 5.87. The standard InChI is InChI=1S/C24H22BrN5S2/c1-14-12-17(7-8-19(14)25)30-22(21(28-23(30)31)20-6-4-5-9-26-20)18-13-15(2)29(16(18)3)24-27-10-11-32-24/h4-13,21-22H,1-3H3,(H,28,31)/t21-,22-/m0/s1. The van der Waals surface area contributed by atoms with Gasteiger partial charge < -0.3 is 10.2 Å². The normalized spacial score (nSPS) is 18.2. The van der Waals surface area contributed by atoms with Gasteiger partial charge in [-0.15, -0.1) is 11.3 Å². The van der Waals surface area contributed by atoms with E-state index in [2.05, 4.69) is 91.8 Å². The molecule has 0 radical (unpaired) electrons. The second-order valence-electron chi connectivity index (χ2n) is 7.91. The molecule has 0 saturated carbocycles. The van der Waals surface area contributed by atoms with Crippen molar-refractivity contribution in [3.63, 3.8) is 0 Å². The molecule has 1 aliphatic heterocycles. The lowest BCUT2D eigenvalue weighted by Crippen LogP contribution is -2.29. The number of benzene rings is 1. The molecule has 2 atom stereocenters. The van der Waals surface area contributed by atoms with E-state index in [4.69, 9.17) is 12.2 Å². The Morgan fingerprint density at radius 1 is 1.06 bits per heavy atom. The Morgan fingerprint density at radius 2 is 1.91 bits per heavy atom. The van der Waals surface area contributed by atoms with Crippen LogP contribution in [-0.2, 0) is 0 Å². The highest BCUT2D eigenvalue weighted by atomic mass is 79.9. The van der Waals surface area contributed by atoms with Gasteiger partial charge in [-0.25, -0.2) is 4.98 Å². The average molecular weight is 525 g/mol. The van der Waals surface area contributed by atoms with E-state index in [1.807, 2.05) is 29.9 Å². The lowest BCUT2D eigenvalue weighted by atomic mass is 9.96. The highest BCUT2D eigenvalue weighted by Crippen LogP contribution is 2.44. The number of nitrogens with one attached hydrogen (secondary N) is 1. The molecule has 0 amide bonds. The minimum atomic E-state index is -0.0714. The molecule has 0 bridgehead atoms. The minimum Gasteiger partial charge on any atom is -0.351 e. The second kappa shape index (κ2) is 8.42. The van der Waals surface area contributed by atoms with E-state index in [0.717, 1.165) is 32.4 Å². The summed E-state index contributed by atoms with van der Waals surface area (Å²) < 4.78 is 3.31. The van der Waals surface area contributed by atoms with Crippen LogP contribution >= 0.6 is 39.5 Å². The molecule has 4 heterocycles. The molecule has 1 saturated heterocycles. The number of aromatic nitrogens is 3. The molecule has 1 N–H and O–H groups in total. The fourth-order valence-corrected chi connectivity index (χ4v) is 5.78. The molecule has 5 nitrogen and oxygen atoms in total. The van der Waals surface area contributed by atoms with Crippen molar-refractivity contribution in [1.29, 1.82) is 0 Å². The molecule has 4 aromatic rings. The topological polar surface area (TPSA) is 46.0 Å². The van der Waals surface area contributed by atoms with E-state index < -0.39 is 0 Å². The Labute approximate surface area is 205 Å². The Kier molecular flexibility index (Phi) is 5.61. The molecule has 8 heteroatoms. The second-order valence-corrected chi connectivity index (χ2v) is 10.0. The molecule has 1 aromatic carbocycles. The van der Waals surface area contributed by atoms with Crippen molar-refractivity contribution >= 4 is 50.3 Å². The minimum absolute atomic E-state index is 0.0436. The molecule has 162 valence electrons. The largest absolute Gasteiger partial charge is 0.351 e. The van der Waals surface area contributed by atoms with Crippen LogP contribution in [0.1, 0.15) is 40.3 Å². The first-order valence-electron chi connectivity index (χ1n) is 10.3. The van der Waals surface area contributed by atoms with Gasteiger partial charge in [0.1, 0.15) is 0 Å². The highest BCUT2D eigenvalue weighted by molar-refractivity contribution is 9.10. The Morgan fingerprint density at radius 3 is 2.59 bits per heavy atom. The molecule has 0 aliphatic carbocycles. The number of aryl methyl sites for hydroxylation is 2. The summed E-state index contributed by atoms with van der Waals surface area (Å²) in [4.78, 5) is 11.4. The predicted octanol–water partition coefficient (Wildman–Crippen LogP) is 6.19. The number of anilines is 1. The summed E-state index contributed by atoms with van der Waals surface area (Å²) in [7, 11) is 0. The van der Waals surface area contributed by atoms with E-state index >= 15 is 0 Å². The molecular weight excluding hydrogens is 502 g/mol. The summed E-state index contributed by atoms with van der Waals surface area (Å²) in [5, 5.41) is 7.23. The van der Waals surface area contributed by atoms with Crippen molar-refractivity contribution < 1.29 is 0 Å². The third kappa shape index (κ3) is 3.56. The summed E-state index contributed by atoms with van der Waals surface area (Å²) in [5.74, 6) is 0. The maximum Gasteiger partial charge on any atom is 0.193 e. The van der Waals surface area contributed by atoms with Gasteiger partial charge in [0.25, 0.3) is 0 Å². The van der Waals surface area contributed by atoms with Crippen molar-refractivity contribution in [2.24, 2.45) is 0 Å². The fraction of sp³-hybridized carbons (Fsp3) is 0.208. The Balaban J connectivity index is 1.69. The third-order valence-corrected chi connectivity index (χ3v) is 7.88. The van der Waals surface area contributed by atoms with Gasteiger partial charge in [-0.1, -0.05) is 22.0 Å². The fourth-order valence-electron chi connectivity index (χ4n) is 4.44. The van der Waals surface area contributed by atoms with Crippen molar-refractivity contribution in [2.75, 3.05) is 4.90 Å². The number of halogens is 1. The Hall–Kier alpha value is -2.55. The van der Waals surface area contributed by atoms with Crippen molar-refractivity contribution in [3.05, 3.63) is 92.9 Å². The first-order chi connectivity index (χ1) is 15.5. The summed E-state index contributed by atoms with van der Waals surface area (Å²) in [6.45, 7) is 6.38. The van der Waals surface area contributed by atoms with Gasteiger partial charge in [0.15, 0.2) is 10.2 Å². The number of pyridine rings is 1. The van der Waals surface area contributed by atoms with Crippen LogP contribution in [0.2, 0.25) is 0 Å². The van der Waals surface area contributed by atoms with Crippen molar-refractivity contribution in [3.8, 4) is 5.13 Å². The molecule has 5 rings (SSSR count). The zero-order valence-electron chi connectivity index (χ0n) is 17.9. The van der Waals surface area contributed by atoms with Gasteiger partial charge in [-0.2, -0.15) is 0 Å². The van der Waals surface area contributed by atoms with Crippen LogP contribution in [0.3, 0.4) is 0 Å². The predicted molar refractivity (Wildman–Crippen MR) is 138 cm³/mol. The highest BCUT2D eigenvalue weighted by Gasteiger charge is 2.42. The van der Waals surface area contributed by atoms with Crippen LogP contribution in [-0.4, -0.2) is 19.6 Å². The van der Waals surface area contributed by atoms with Crippen LogP contribution in [0.4, 0.5) is 5.69 Å². The molecule has 1 fully saturated rings. The van der Waals surface area contributed by atoms with Crippen LogP contribution < -0.4 is 10.2 Å². The van der Waals surface area contributed by atoms with Gasteiger partial charge in [0, 0.05) is 39.3 Å². The van der Waals surface area contributed by atoms with E-state index in [-0.39, 0.29) is 12.1 Å². The molecule has 0 spiro atoms. The lowest BCUT2D eigenvalue weighted by molar-refractivity contribution is 0.565. The molecule has 0 unspecified atom stereocenters. The van der Waals surface area contributed by atoms with Gasteiger partial charge in [-0.3, -0.25) is 9.55 Å². The number of hydrogen-bond acceptors (Lipinski definition) is 4. The summed E-state index contributed by atoms with van der Waals surface area (Å²) in [5.41, 5.74) is 6.71. The smallest absolute Gasteiger partial charge is 0.193 e. The van der Waals surface area contributed by atoms with Gasteiger partial charge in [-0.05, 0) is 80.5 Å². The van der Waals surface area contributed by atoms with Gasteiger partial charge >= 0.3 is 0 Å². The van der Waals surface area contributed by atoms with E-state index in [9.17, 15) is 0 Å². The van der Waals surface area contributed by atoms with Crippen LogP contribution in [0.15, 0.2) is 64.7 Å². The average Bonchev–Trinajstić information content (AvgIpc) is 3.49. The van der Waals surface area contributed by atoms with Crippen LogP contribution in [0, 0.1) is 20.8 Å². The van der Waals surface area contributed by atoms with E-state index in [1.54, 1.807) is 11.3 Å². The summed E-state index contributed by atoms with van der Waals surface area (Å²) in [6, 6.07) is 14.5. The summed E-state index contributed by atoms with van der Waals surface area (Å²) >= 11 is 11.1. The zero-order valence-corrected chi connectivity index (χ0v) is 21.1. The number of thiocarbonyl (C=S) groups is 1. The number of rotatable bonds is 4. The van der Waals surface area contributed by atoms with Crippen LogP contribution in [0.5, 0.6) is 0 Å². The lowest BCUT2D eigenvalue weighted by Gasteiger charge is -2.28. The van der Waals surface area contributed by atoms with Crippen molar-refractivity contribution in [2.45, 2.75) is 32.9 Å². The number of hydrogen-bond donors (Lipinski definition) is 1. The van der Waals surface area contributed by atoms with Gasteiger partial charge in [0.2, 0.25) is 0 Å². The quantitative estimate of drug-likeness (QED) is 0.323. The summed E-state index contributed by atoms with van der Waals surface area (Å²) in [6.07, 6.45) is 3.68. The molecule has 32 heavy (non-hydrogen) atoms. The van der Waals surface area contributed by atoms with Gasteiger partial charge in [0.05, 0.1) is 17.8 Å². The molecule has 1 aliphatic rings. The number of thiazole rings is 1. The first-order valence-corrected chi connectivity index (χ1v) is 12.4. The van der Waals surface area contributed by atoms with E-state index in [0.29, 0.717) is 5.11 Å². The van der Waals surface area contributed by atoms with Crippen LogP contribution in [0.25, 0.3) is 5.13 Å². The molecule has 3 aromatic heterocycles. The zero-order chi connectivity index (χ0) is 22.4. The maximum absolute atomic E-state index is 5.87. The third-order valence-electron chi connectivity index (χ3n) is 5.92. The van der Waals surface area contributed by atoms with Crippen molar-refractivity contribution in [1.82, 2.24) is 19.9 Å². The monoisotopic (exact) mass is 523 g/mol.